The van der Waals surface area contributed by atoms with Crippen molar-refractivity contribution in [1.29, 1.82) is 0 Å². The molecule has 1 saturated heterocycles. The quantitative estimate of drug-likeness (QED) is 0.0228. The normalized spacial score (nSPS) is 18.5. The Morgan fingerprint density at radius 1 is 0.442 bits per heavy atom. The molecular weight excluding hydrogens is 973 g/mol. The second kappa shape index (κ2) is 52.8. The molecule has 0 aromatic heterocycles. The zero-order valence-corrected chi connectivity index (χ0v) is 48.7. The van der Waals surface area contributed by atoms with Crippen LogP contribution in [0.2, 0.25) is 0 Å². The zero-order valence-electron chi connectivity index (χ0n) is 48.7. The molecule has 12 nitrogen and oxygen atoms in total. The van der Waals surface area contributed by atoms with Gasteiger partial charge in [0, 0.05) is 19.3 Å². The lowest BCUT2D eigenvalue weighted by atomic mass is 9.98. The predicted octanol–water partition coefficient (Wildman–Crippen LogP) is 16.1. The number of aliphatic hydroxyl groups is 2. The van der Waals surface area contributed by atoms with Crippen LogP contribution >= 0.6 is 0 Å². The number of esters is 3. The molecule has 6 atom stereocenters. The van der Waals surface area contributed by atoms with Gasteiger partial charge in [0.1, 0.15) is 18.8 Å². The molecule has 1 aliphatic rings. The minimum Gasteiger partial charge on any atom is -0.479 e. The van der Waals surface area contributed by atoms with Crippen molar-refractivity contribution in [2.75, 3.05) is 13.2 Å². The summed E-state index contributed by atoms with van der Waals surface area (Å²) in [6.45, 7) is 5.84. The third kappa shape index (κ3) is 42.7. The van der Waals surface area contributed by atoms with Crippen LogP contribution in [0.4, 0.5) is 0 Å². The molecule has 0 amide bonds. The molecule has 0 aromatic carbocycles. The minimum absolute atomic E-state index is 0.0448. The average molecular weight is 1080 g/mol. The number of carboxylic acids is 1. The Bertz CT molecular complexity index is 1620. The molecule has 1 heterocycles. The predicted molar refractivity (Wildman–Crippen MR) is 312 cm³/mol. The van der Waals surface area contributed by atoms with Gasteiger partial charge in [-0.05, 0) is 83.5 Å². The standard InChI is InChI=1S/C65H110O12/c1-4-7-10-13-16-19-22-25-28-29-32-33-36-39-42-45-48-51-57(66)73-54-56(75-58(67)52-49-46-43-40-37-34-30-26-23-20-17-14-11-8-5-2)55-74-65-63(61(70)60(69)62(77-65)64(71)72)76-59(68)53-50-47-44-41-38-35-31-27-24-21-18-15-12-9-6-3/h7,10,16,19,25,27-28,31-33,39,42,56,60-63,65,69-70H,4-6,8-9,11-15,17-18,20-24,26,29-30,34-38,40-41,43-55H2,1-3H3,(H,71,72)/b10-7-,19-16-,28-25-,31-27-,33-32-,42-39-. The number of unbranched alkanes of at least 4 members (excludes halogenated alkanes) is 26. The summed E-state index contributed by atoms with van der Waals surface area (Å²) in [6, 6.07) is 0. The summed E-state index contributed by atoms with van der Waals surface area (Å²) in [6.07, 6.45) is 54.4. The van der Waals surface area contributed by atoms with E-state index < -0.39 is 67.3 Å². The lowest BCUT2D eigenvalue weighted by Gasteiger charge is -2.40. The number of aliphatic carboxylic acids is 1. The fourth-order valence-corrected chi connectivity index (χ4v) is 9.05. The highest BCUT2D eigenvalue weighted by Gasteiger charge is 2.50. The van der Waals surface area contributed by atoms with Gasteiger partial charge in [0.15, 0.2) is 24.6 Å². The first-order chi connectivity index (χ1) is 37.6. The first-order valence-electron chi connectivity index (χ1n) is 30.9. The molecule has 1 aliphatic heterocycles. The Labute approximate surface area is 468 Å². The molecule has 3 N–H and O–H groups in total. The number of ether oxygens (including phenoxy) is 5. The van der Waals surface area contributed by atoms with Crippen LogP contribution in [0.1, 0.15) is 265 Å². The van der Waals surface area contributed by atoms with Crippen LogP contribution in [0.15, 0.2) is 72.9 Å². The molecule has 6 unspecified atom stereocenters. The van der Waals surface area contributed by atoms with Crippen molar-refractivity contribution < 1.29 is 58.2 Å². The van der Waals surface area contributed by atoms with Crippen molar-refractivity contribution in [3.63, 3.8) is 0 Å². The van der Waals surface area contributed by atoms with E-state index in [9.17, 15) is 34.5 Å². The molecule has 0 spiro atoms. The van der Waals surface area contributed by atoms with Gasteiger partial charge in [-0.2, -0.15) is 0 Å². The van der Waals surface area contributed by atoms with Crippen LogP contribution in [0.3, 0.4) is 0 Å². The Kier molecular flexibility index (Phi) is 48.8. The van der Waals surface area contributed by atoms with E-state index >= 15 is 0 Å². The Balaban J connectivity index is 2.72. The van der Waals surface area contributed by atoms with Crippen molar-refractivity contribution in [2.24, 2.45) is 0 Å². The topological polar surface area (TPSA) is 175 Å². The summed E-state index contributed by atoms with van der Waals surface area (Å²) in [7, 11) is 0. The zero-order chi connectivity index (χ0) is 56.1. The van der Waals surface area contributed by atoms with Gasteiger partial charge in [0.2, 0.25) is 0 Å². The number of allylic oxidation sites excluding steroid dienone is 12. The van der Waals surface area contributed by atoms with Crippen LogP contribution in [-0.4, -0.2) is 89.2 Å². The van der Waals surface area contributed by atoms with Crippen molar-refractivity contribution in [1.82, 2.24) is 0 Å². The van der Waals surface area contributed by atoms with Gasteiger partial charge < -0.3 is 39.0 Å². The summed E-state index contributed by atoms with van der Waals surface area (Å²) < 4.78 is 28.4. The van der Waals surface area contributed by atoms with Crippen LogP contribution < -0.4 is 0 Å². The molecule has 0 aromatic rings. The Morgan fingerprint density at radius 3 is 1.30 bits per heavy atom. The van der Waals surface area contributed by atoms with Gasteiger partial charge in [-0.1, -0.05) is 235 Å². The van der Waals surface area contributed by atoms with Gasteiger partial charge in [-0.3, -0.25) is 14.4 Å². The molecule has 1 rings (SSSR count). The van der Waals surface area contributed by atoms with Crippen molar-refractivity contribution in [3.8, 4) is 0 Å². The summed E-state index contributed by atoms with van der Waals surface area (Å²) in [5.41, 5.74) is 0. The van der Waals surface area contributed by atoms with Crippen LogP contribution in [0, 0.1) is 0 Å². The van der Waals surface area contributed by atoms with Gasteiger partial charge in [-0.15, -0.1) is 0 Å². The second-order valence-electron chi connectivity index (χ2n) is 21.0. The van der Waals surface area contributed by atoms with Crippen LogP contribution in [0.5, 0.6) is 0 Å². The van der Waals surface area contributed by atoms with Crippen molar-refractivity contribution in [2.45, 2.75) is 302 Å². The number of hydrogen-bond donors (Lipinski definition) is 3. The summed E-state index contributed by atoms with van der Waals surface area (Å²) in [5, 5.41) is 31.5. The molecule has 0 aliphatic carbocycles. The summed E-state index contributed by atoms with van der Waals surface area (Å²) >= 11 is 0. The van der Waals surface area contributed by atoms with E-state index in [0.29, 0.717) is 25.7 Å². The largest absolute Gasteiger partial charge is 0.479 e. The Morgan fingerprint density at radius 2 is 0.831 bits per heavy atom. The van der Waals surface area contributed by atoms with E-state index in [0.717, 1.165) is 89.9 Å². The molecule has 0 bridgehead atoms. The highest BCUT2D eigenvalue weighted by atomic mass is 16.7. The number of carbonyl (C=O) groups is 4. The van der Waals surface area contributed by atoms with Crippen LogP contribution in [0.25, 0.3) is 0 Å². The number of hydrogen-bond acceptors (Lipinski definition) is 11. The third-order valence-corrected chi connectivity index (χ3v) is 13.8. The van der Waals surface area contributed by atoms with Gasteiger partial charge in [-0.25, -0.2) is 4.79 Å². The lowest BCUT2D eigenvalue weighted by molar-refractivity contribution is -0.301. The number of aliphatic hydroxyl groups excluding tert-OH is 2. The maximum atomic E-state index is 13.2. The van der Waals surface area contributed by atoms with Crippen LogP contribution in [-0.2, 0) is 42.9 Å². The van der Waals surface area contributed by atoms with E-state index in [1.54, 1.807) is 0 Å². The van der Waals surface area contributed by atoms with E-state index in [2.05, 4.69) is 87.6 Å². The van der Waals surface area contributed by atoms with E-state index in [1.807, 2.05) is 6.08 Å². The SMILES string of the molecule is CC/C=C\C/C=C\C/C=C\C/C=C\C/C=C\CCCC(=O)OCC(COC1OC(C(=O)O)C(O)C(O)C1OC(=O)CCCCCCC/C=C\CCCCCCCC)OC(=O)CCCCCCCCCCCCCCCCC. The van der Waals surface area contributed by atoms with Crippen molar-refractivity contribution in [3.05, 3.63) is 72.9 Å². The minimum atomic E-state index is -1.91. The first kappa shape index (κ1) is 71.2. The number of carboxylic acid groups (broad SMARTS) is 1. The molecule has 1 fully saturated rings. The molecule has 77 heavy (non-hydrogen) atoms. The molecular formula is C65H110O12. The van der Waals surface area contributed by atoms with Gasteiger partial charge >= 0.3 is 23.9 Å². The first-order valence-corrected chi connectivity index (χ1v) is 30.9. The van der Waals surface area contributed by atoms with E-state index in [-0.39, 0.29) is 25.9 Å². The maximum absolute atomic E-state index is 13.2. The average Bonchev–Trinajstić information content (AvgIpc) is 3.42. The molecule has 442 valence electrons. The molecule has 12 heteroatoms. The third-order valence-electron chi connectivity index (χ3n) is 13.8. The highest BCUT2D eigenvalue weighted by molar-refractivity contribution is 5.74. The second-order valence-corrected chi connectivity index (χ2v) is 21.0. The van der Waals surface area contributed by atoms with Gasteiger partial charge in [0.05, 0.1) is 6.61 Å². The molecule has 0 saturated carbocycles. The number of carbonyl (C=O) groups excluding carboxylic acids is 3. The van der Waals surface area contributed by atoms with Gasteiger partial charge in [0.25, 0.3) is 0 Å². The maximum Gasteiger partial charge on any atom is 0.335 e. The molecule has 0 radical (unpaired) electrons. The fraction of sp³-hybridized carbons (Fsp3) is 0.754. The number of rotatable bonds is 52. The smallest absolute Gasteiger partial charge is 0.335 e. The lowest BCUT2D eigenvalue weighted by Crippen LogP contribution is -2.61. The summed E-state index contributed by atoms with van der Waals surface area (Å²) in [5.74, 6) is -3.20. The summed E-state index contributed by atoms with van der Waals surface area (Å²) in [4.78, 5) is 51.2. The van der Waals surface area contributed by atoms with E-state index in [1.165, 1.54) is 109 Å². The van der Waals surface area contributed by atoms with E-state index in [4.69, 9.17) is 23.7 Å². The highest BCUT2D eigenvalue weighted by Crippen LogP contribution is 2.26. The Hall–Kier alpha value is -3.84. The monoisotopic (exact) mass is 1080 g/mol. The van der Waals surface area contributed by atoms with Crippen molar-refractivity contribution >= 4 is 23.9 Å². The fourth-order valence-electron chi connectivity index (χ4n) is 9.05.